The van der Waals surface area contributed by atoms with E-state index in [1.807, 2.05) is 42.2 Å². The first-order chi connectivity index (χ1) is 15.9. The van der Waals surface area contributed by atoms with Crippen molar-refractivity contribution in [3.05, 3.63) is 99.0 Å². The van der Waals surface area contributed by atoms with Crippen LogP contribution in [0.25, 0.3) is 0 Å². The molecule has 5 nitrogen and oxygen atoms in total. The van der Waals surface area contributed by atoms with Gasteiger partial charge in [0, 0.05) is 41.3 Å². The fourth-order valence-corrected chi connectivity index (χ4v) is 4.40. The van der Waals surface area contributed by atoms with Crippen LogP contribution in [0.3, 0.4) is 0 Å². The van der Waals surface area contributed by atoms with Gasteiger partial charge in [0.15, 0.2) is 0 Å². The quantitative estimate of drug-likeness (QED) is 0.511. The zero-order valence-corrected chi connectivity index (χ0v) is 19.9. The lowest BCUT2D eigenvalue weighted by Gasteiger charge is -2.32. The molecule has 1 saturated heterocycles. The van der Waals surface area contributed by atoms with E-state index in [0.717, 1.165) is 28.7 Å². The van der Waals surface area contributed by atoms with Crippen molar-refractivity contribution < 1.29 is 14.0 Å². The molecule has 1 aliphatic rings. The predicted octanol–water partition coefficient (Wildman–Crippen LogP) is 5.24. The van der Waals surface area contributed by atoms with E-state index in [2.05, 4.69) is 21.2 Å². The minimum absolute atomic E-state index is 0.0196. The highest BCUT2D eigenvalue weighted by Gasteiger charge is 2.28. The third kappa shape index (κ3) is 5.66. The maximum absolute atomic E-state index is 13.4. The van der Waals surface area contributed by atoms with Crippen LogP contribution in [-0.4, -0.2) is 34.8 Å². The number of hydrogen-bond acceptors (Lipinski definition) is 3. The van der Waals surface area contributed by atoms with Gasteiger partial charge in [-0.05, 0) is 73.9 Å². The lowest BCUT2D eigenvalue weighted by molar-refractivity contribution is 0.0710. The molecule has 1 fully saturated rings. The van der Waals surface area contributed by atoms with Crippen molar-refractivity contribution in [3.63, 3.8) is 0 Å². The molecule has 33 heavy (non-hydrogen) atoms. The number of nitrogens with one attached hydrogen (secondary N) is 1. The second-order valence-corrected chi connectivity index (χ2v) is 9.19. The third-order valence-electron chi connectivity index (χ3n) is 5.91. The van der Waals surface area contributed by atoms with Crippen molar-refractivity contribution in [2.24, 2.45) is 0 Å². The molecule has 0 saturated carbocycles. The number of piperidine rings is 1. The van der Waals surface area contributed by atoms with Crippen molar-refractivity contribution in [2.45, 2.75) is 32.2 Å². The second-order valence-electron chi connectivity index (χ2n) is 8.27. The SMILES string of the molecule is Cc1ccc(C(=O)NCc2cccc(F)c2)c(C2CCN(C(=O)c3ccc(Br)cc3)CC2)n1. The maximum atomic E-state index is 13.4. The number of halogens is 2. The van der Waals surface area contributed by atoms with Gasteiger partial charge in [-0.15, -0.1) is 0 Å². The molecule has 2 amide bonds. The monoisotopic (exact) mass is 509 g/mol. The van der Waals surface area contributed by atoms with Crippen LogP contribution in [0.4, 0.5) is 4.39 Å². The van der Waals surface area contributed by atoms with Crippen LogP contribution >= 0.6 is 15.9 Å². The van der Waals surface area contributed by atoms with Crippen molar-refractivity contribution >= 4 is 27.7 Å². The number of amides is 2. The number of aromatic nitrogens is 1. The summed E-state index contributed by atoms with van der Waals surface area (Å²) in [5.41, 5.74) is 3.52. The Morgan fingerprint density at radius 1 is 1.09 bits per heavy atom. The van der Waals surface area contributed by atoms with Gasteiger partial charge in [0.2, 0.25) is 0 Å². The fraction of sp³-hybridized carbons (Fsp3) is 0.269. The summed E-state index contributed by atoms with van der Waals surface area (Å²) < 4.78 is 14.4. The molecule has 1 aliphatic heterocycles. The highest BCUT2D eigenvalue weighted by Crippen LogP contribution is 2.30. The van der Waals surface area contributed by atoms with E-state index >= 15 is 0 Å². The minimum Gasteiger partial charge on any atom is -0.348 e. The molecule has 0 bridgehead atoms. The number of benzene rings is 2. The molecular formula is C26H25BrFN3O2. The van der Waals surface area contributed by atoms with Crippen molar-refractivity contribution in [2.75, 3.05) is 13.1 Å². The molecule has 4 rings (SSSR count). The lowest BCUT2D eigenvalue weighted by Crippen LogP contribution is -2.38. The van der Waals surface area contributed by atoms with E-state index < -0.39 is 0 Å². The Labute approximate surface area is 201 Å². The molecule has 0 unspecified atom stereocenters. The number of aryl methyl sites for hydroxylation is 1. The van der Waals surface area contributed by atoms with E-state index in [9.17, 15) is 14.0 Å². The van der Waals surface area contributed by atoms with Gasteiger partial charge in [-0.2, -0.15) is 0 Å². The lowest BCUT2D eigenvalue weighted by atomic mass is 9.89. The first-order valence-corrected chi connectivity index (χ1v) is 11.7. The van der Waals surface area contributed by atoms with Gasteiger partial charge < -0.3 is 10.2 Å². The number of likely N-dealkylation sites (tertiary alicyclic amines) is 1. The van der Waals surface area contributed by atoms with Crippen LogP contribution in [-0.2, 0) is 6.54 Å². The van der Waals surface area contributed by atoms with Crippen LogP contribution in [0.2, 0.25) is 0 Å². The highest BCUT2D eigenvalue weighted by molar-refractivity contribution is 9.10. The highest BCUT2D eigenvalue weighted by atomic mass is 79.9. The first kappa shape index (κ1) is 23.1. The summed E-state index contributed by atoms with van der Waals surface area (Å²) in [4.78, 5) is 32.3. The Morgan fingerprint density at radius 2 is 1.82 bits per heavy atom. The normalized spacial score (nSPS) is 14.2. The molecule has 3 aromatic rings. The molecule has 1 N–H and O–H groups in total. The Balaban J connectivity index is 1.44. The molecule has 0 radical (unpaired) electrons. The average molecular weight is 510 g/mol. The van der Waals surface area contributed by atoms with Crippen molar-refractivity contribution in [3.8, 4) is 0 Å². The molecule has 0 spiro atoms. The van der Waals surface area contributed by atoms with Crippen LogP contribution in [0.1, 0.15) is 56.4 Å². The zero-order valence-electron chi connectivity index (χ0n) is 18.4. The van der Waals surface area contributed by atoms with Gasteiger partial charge >= 0.3 is 0 Å². The number of pyridine rings is 1. The molecule has 2 heterocycles. The molecule has 2 aromatic carbocycles. The molecule has 7 heteroatoms. The summed E-state index contributed by atoms with van der Waals surface area (Å²) in [7, 11) is 0. The Bertz CT molecular complexity index is 1160. The Kier molecular flexibility index (Phi) is 7.18. The number of nitrogens with zero attached hydrogens (tertiary/aromatic N) is 2. The van der Waals surface area contributed by atoms with Crippen LogP contribution < -0.4 is 5.32 Å². The Morgan fingerprint density at radius 3 is 2.52 bits per heavy atom. The fourth-order valence-electron chi connectivity index (χ4n) is 4.14. The molecule has 0 aliphatic carbocycles. The van der Waals surface area contributed by atoms with E-state index in [1.165, 1.54) is 12.1 Å². The largest absolute Gasteiger partial charge is 0.348 e. The first-order valence-electron chi connectivity index (χ1n) is 11.0. The number of hydrogen-bond donors (Lipinski definition) is 1. The molecular weight excluding hydrogens is 485 g/mol. The average Bonchev–Trinajstić information content (AvgIpc) is 2.83. The number of carbonyl (C=O) groups is 2. The van der Waals surface area contributed by atoms with Crippen LogP contribution in [0.15, 0.2) is 65.1 Å². The maximum Gasteiger partial charge on any atom is 0.253 e. The molecule has 0 atom stereocenters. The Hall–Kier alpha value is -3.06. The van der Waals surface area contributed by atoms with Crippen molar-refractivity contribution in [1.29, 1.82) is 0 Å². The smallest absolute Gasteiger partial charge is 0.253 e. The van der Waals surface area contributed by atoms with Gasteiger partial charge in [0.1, 0.15) is 5.82 Å². The van der Waals surface area contributed by atoms with Crippen LogP contribution in [0.5, 0.6) is 0 Å². The second kappa shape index (κ2) is 10.3. The predicted molar refractivity (Wildman–Crippen MR) is 129 cm³/mol. The van der Waals surface area contributed by atoms with E-state index in [4.69, 9.17) is 4.98 Å². The summed E-state index contributed by atoms with van der Waals surface area (Å²) in [6.45, 7) is 3.37. The minimum atomic E-state index is -0.330. The summed E-state index contributed by atoms with van der Waals surface area (Å²) >= 11 is 3.39. The van der Waals surface area contributed by atoms with Crippen LogP contribution in [0, 0.1) is 12.7 Å². The topological polar surface area (TPSA) is 62.3 Å². The van der Waals surface area contributed by atoms with Crippen molar-refractivity contribution in [1.82, 2.24) is 15.2 Å². The number of carbonyl (C=O) groups excluding carboxylic acids is 2. The number of rotatable bonds is 5. The summed E-state index contributed by atoms with van der Waals surface area (Å²) in [6, 6.07) is 17.2. The van der Waals surface area contributed by atoms with Gasteiger partial charge in [-0.25, -0.2) is 4.39 Å². The van der Waals surface area contributed by atoms with Gasteiger partial charge in [-0.1, -0.05) is 28.1 Å². The van der Waals surface area contributed by atoms with E-state index in [-0.39, 0.29) is 30.1 Å². The standard InChI is InChI=1S/C26H25BrFN3O2/c1-17-5-10-23(25(32)29-16-18-3-2-4-22(28)15-18)24(30-17)19-11-13-31(14-12-19)26(33)20-6-8-21(27)9-7-20/h2-10,15,19H,11-14,16H2,1H3,(H,29,32). The van der Waals surface area contributed by atoms with Gasteiger partial charge in [0.25, 0.3) is 11.8 Å². The zero-order chi connectivity index (χ0) is 23.4. The van der Waals surface area contributed by atoms with E-state index in [1.54, 1.807) is 18.2 Å². The van der Waals surface area contributed by atoms with Gasteiger partial charge in [-0.3, -0.25) is 14.6 Å². The summed E-state index contributed by atoms with van der Waals surface area (Å²) in [5.74, 6) is -0.445. The molecule has 1 aromatic heterocycles. The summed E-state index contributed by atoms with van der Waals surface area (Å²) in [6.07, 6.45) is 1.48. The third-order valence-corrected chi connectivity index (χ3v) is 6.44. The summed E-state index contributed by atoms with van der Waals surface area (Å²) in [5, 5.41) is 2.88. The van der Waals surface area contributed by atoms with E-state index in [0.29, 0.717) is 29.8 Å². The molecule has 170 valence electrons. The van der Waals surface area contributed by atoms with Gasteiger partial charge in [0.05, 0.1) is 11.3 Å².